The number of hydrogen-bond donors (Lipinski definition) is 1. The van der Waals surface area contributed by atoms with E-state index < -0.39 is 0 Å². The zero-order valence-corrected chi connectivity index (χ0v) is 8.61. The predicted octanol–water partition coefficient (Wildman–Crippen LogP) is 2.05. The molecular formula is C9H23NO. The van der Waals surface area contributed by atoms with Crippen LogP contribution in [0.25, 0.3) is 0 Å². The van der Waals surface area contributed by atoms with Crippen LogP contribution in [0.5, 0.6) is 0 Å². The minimum Gasteiger partial charge on any atom is -0.376 e. The van der Waals surface area contributed by atoms with Crippen LogP contribution in [0.4, 0.5) is 0 Å². The Morgan fingerprint density at radius 3 is 1.91 bits per heavy atom. The number of rotatable bonds is 0. The fourth-order valence-electron chi connectivity index (χ4n) is 0.697. The summed E-state index contributed by atoms with van der Waals surface area (Å²) in [5.74, 6) is 0. The van der Waals surface area contributed by atoms with E-state index in [-0.39, 0.29) is 0 Å². The Morgan fingerprint density at radius 2 is 1.73 bits per heavy atom. The minimum absolute atomic E-state index is 0.425. The van der Waals surface area contributed by atoms with E-state index in [1.807, 2.05) is 27.7 Å². The van der Waals surface area contributed by atoms with E-state index in [0.717, 1.165) is 19.7 Å². The largest absolute Gasteiger partial charge is 0.376 e. The lowest BCUT2D eigenvalue weighted by atomic mass is 10.3. The lowest BCUT2D eigenvalue weighted by Crippen LogP contribution is -2.36. The second-order valence-corrected chi connectivity index (χ2v) is 1.89. The van der Waals surface area contributed by atoms with Crippen molar-refractivity contribution >= 4 is 0 Å². The van der Waals surface area contributed by atoms with Gasteiger partial charge in [-0.1, -0.05) is 27.7 Å². The molecule has 0 aromatic rings. The standard InChI is InChI=1S/C5H11NO.2C2H6/c1-5-4-6-2-3-7-5;2*1-2/h5-6H,2-4H2,1H3;2*1-2H3. The van der Waals surface area contributed by atoms with Gasteiger partial charge in [0.1, 0.15) is 0 Å². The fourth-order valence-corrected chi connectivity index (χ4v) is 0.697. The van der Waals surface area contributed by atoms with Crippen LogP contribution in [0.2, 0.25) is 0 Å². The van der Waals surface area contributed by atoms with Crippen LogP contribution in [0.3, 0.4) is 0 Å². The number of nitrogens with one attached hydrogen (secondary N) is 1. The molecule has 0 spiro atoms. The molecule has 2 heteroatoms. The minimum atomic E-state index is 0.425. The van der Waals surface area contributed by atoms with E-state index in [2.05, 4.69) is 12.2 Å². The molecule has 1 fully saturated rings. The van der Waals surface area contributed by atoms with Crippen molar-refractivity contribution in [1.82, 2.24) is 5.32 Å². The maximum atomic E-state index is 5.22. The van der Waals surface area contributed by atoms with Gasteiger partial charge in [0.25, 0.3) is 0 Å². The van der Waals surface area contributed by atoms with Gasteiger partial charge in [0.05, 0.1) is 12.7 Å². The van der Waals surface area contributed by atoms with Crippen molar-refractivity contribution in [3.63, 3.8) is 0 Å². The van der Waals surface area contributed by atoms with Crippen molar-refractivity contribution in [2.24, 2.45) is 0 Å². The van der Waals surface area contributed by atoms with Crippen molar-refractivity contribution in [3.8, 4) is 0 Å². The van der Waals surface area contributed by atoms with Crippen molar-refractivity contribution in [1.29, 1.82) is 0 Å². The highest BCUT2D eigenvalue weighted by Gasteiger charge is 2.04. The van der Waals surface area contributed by atoms with Gasteiger partial charge in [-0.3, -0.25) is 0 Å². The number of ether oxygens (including phenoxy) is 1. The highest BCUT2D eigenvalue weighted by molar-refractivity contribution is 4.59. The molecule has 1 heterocycles. The predicted molar refractivity (Wildman–Crippen MR) is 51.0 cm³/mol. The quantitative estimate of drug-likeness (QED) is 0.587. The molecule has 0 amide bonds. The number of morpholine rings is 1. The van der Waals surface area contributed by atoms with Gasteiger partial charge in [-0.15, -0.1) is 0 Å². The normalized spacial score (nSPS) is 22.1. The van der Waals surface area contributed by atoms with Crippen LogP contribution < -0.4 is 5.32 Å². The molecule has 70 valence electrons. The van der Waals surface area contributed by atoms with Crippen LogP contribution >= 0.6 is 0 Å². The zero-order valence-electron chi connectivity index (χ0n) is 8.61. The van der Waals surface area contributed by atoms with Gasteiger partial charge in [-0.25, -0.2) is 0 Å². The van der Waals surface area contributed by atoms with Gasteiger partial charge in [-0.05, 0) is 6.92 Å². The number of hydrogen-bond acceptors (Lipinski definition) is 2. The van der Waals surface area contributed by atoms with Crippen LogP contribution in [0.1, 0.15) is 34.6 Å². The molecule has 2 nitrogen and oxygen atoms in total. The molecule has 11 heavy (non-hydrogen) atoms. The van der Waals surface area contributed by atoms with Crippen LogP contribution in [-0.2, 0) is 4.74 Å². The van der Waals surface area contributed by atoms with Gasteiger partial charge in [0, 0.05) is 13.1 Å². The van der Waals surface area contributed by atoms with E-state index in [9.17, 15) is 0 Å². The topological polar surface area (TPSA) is 21.3 Å². The Bertz CT molecular complexity index is 51.5. The maximum Gasteiger partial charge on any atom is 0.0672 e. The summed E-state index contributed by atoms with van der Waals surface area (Å²) in [6, 6.07) is 0. The third-order valence-electron chi connectivity index (χ3n) is 1.11. The Labute approximate surface area is 71.3 Å². The van der Waals surface area contributed by atoms with Gasteiger partial charge in [0.15, 0.2) is 0 Å². The summed E-state index contributed by atoms with van der Waals surface area (Å²) >= 11 is 0. The second kappa shape index (κ2) is 12.6. The smallest absolute Gasteiger partial charge is 0.0672 e. The average molecular weight is 161 g/mol. The van der Waals surface area contributed by atoms with E-state index in [4.69, 9.17) is 4.74 Å². The van der Waals surface area contributed by atoms with E-state index in [0.29, 0.717) is 6.10 Å². The molecule has 1 aliphatic heterocycles. The van der Waals surface area contributed by atoms with Crippen LogP contribution in [0, 0.1) is 0 Å². The Hall–Kier alpha value is -0.0800. The molecule has 0 bridgehead atoms. The van der Waals surface area contributed by atoms with E-state index in [1.165, 1.54) is 0 Å². The van der Waals surface area contributed by atoms with Gasteiger partial charge in [0.2, 0.25) is 0 Å². The SMILES string of the molecule is CC.CC.CC1CNCCO1. The van der Waals surface area contributed by atoms with Crippen LogP contribution in [0.15, 0.2) is 0 Å². The molecule has 1 atom stereocenters. The lowest BCUT2D eigenvalue weighted by molar-refractivity contribution is 0.0410. The molecule has 0 aliphatic carbocycles. The third-order valence-corrected chi connectivity index (χ3v) is 1.11. The summed E-state index contributed by atoms with van der Waals surface area (Å²) in [6.45, 7) is 13.0. The summed E-state index contributed by atoms with van der Waals surface area (Å²) < 4.78 is 5.22. The summed E-state index contributed by atoms with van der Waals surface area (Å²) in [7, 11) is 0. The first-order valence-electron chi connectivity index (χ1n) is 4.72. The summed E-state index contributed by atoms with van der Waals surface area (Å²) in [5, 5.41) is 3.21. The first-order chi connectivity index (χ1) is 5.39. The summed E-state index contributed by atoms with van der Waals surface area (Å²) in [6.07, 6.45) is 0.425. The third kappa shape index (κ3) is 9.92. The molecule has 1 N–H and O–H groups in total. The first kappa shape index (κ1) is 13.5. The Balaban J connectivity index is 0. The Morgan fingerprint density at radius 1 is 1.18 bits per heavy atom. The monoisotopic (exact) mass is 161 g/mol. The fraction of sp³-hybridized carbons (Fsp3) is 1.00. The molecular weight excluding hydrogens is 138 g/mol. The summed E-state index contributed by atoms with van der Waals surface area (Å²) in [5.41, 5.74) is 0. The van der Waals surface area contributed by atoms with Crippen molar-refractivity contribution < 1.29 is 4.74 Å². The van der Waals surface area contributed by atoms with Crippen molar-refractivity contribution in [2.75, 3.05) is 19.7 Å². The molecule has 1 rings (SSSR count). The molecule has 0 aromatic carbocycles. The molecule has 1 unspecified atom stereocenters. The van der Waals surface area contributed by atoms with E-state index >= 15 is 0 Å². The molecule has 0 radical (unpaired) electrons. The van der Waals surface area contributed by atoms with Crippen LogP contribution in [-0.4, -0.2) is 25.8 Å². The molecule has 1 aliphatic rings. The second-order valence-electron chi connectivity index (χ2n) is 1.89. The average Bonchev–Trinajstić information content (AvgIpc) is 2.13. The van der Waals surface area contributed by atoms with Gasteiger partial charge < -0.3 is 10.1 Å². The lowest BCUT2D eigenvalue weighted by Gasteiger charge is -2.18. The summed E-state index contributed by atoms with van der Waals surface area (Å²) in [4.78, 5) is 0. The van der Waals surface area contributed by atoms with Gasteiger partial charge >= 0.3 is 0 Å². The molecule has 0 saturated carbocycles. The molecule has 0 aromatic heterocycles. The van der Waals surface area contributed by atoms with Crippen molar-refractivity contribution in [3.05, 3.63) is 0 Å². The van der Waals surface area contributed by atoms with Crippen molar-refractivity contribution in [2.45, 2.75) is 40.7 Å². The highest BCUT2D eigenvalue weighted by Crippen LogP contribution is 1.91. The van der Waals surface area contributed by atoms with E-state index in [1.54, 1.807) is 0 Å². The maximum absolute atomic E-state index is 5.22. The zero-order chi connectivity index (χ0) is 9.11. The van der Waals surface area contributed by atoms with Gasteiger partial charge in [-0.2, -0.15) is 0 Å². The highest BCUT2D eigenvalue weighted by atomic mass is 16.5. The molecule has 1 saturated heterocycles. The first-order valence-corrected chi connectivity index (χ1v) is 4.72. The Kier molecular flexibility index (Phi) is 15.4.